The van der Waals surface area contributed by atoms with Crippen LogP contribution in [0.1, 0.15) is 30.6 Å². The number of tetrazole rings is 1. The maximum absolute atomic E-state index is 5.17. The molecule has 0 amide bonds. The third-order valence-corrected chi connectivity index (χ3v) is 4.29. The van der Waals surface area contributed by atoms with E-state index in [0.717, 1.165) is 41.9 Å². The van der Waals surface area contributed by atoms with E-state index in [1.165, 1.54) is 5.69 Å². The fourth-order valence-corrected chi connectivity index (χ4v) is 3.07. The Bertz CT molecular complexity index is 579. The lowest BCUT2D eigenvalue weighted by atomic mass is 10.4. The van der Waals surface area contributed by atoms with Crippen LogP contribution in [-0.2, 0) is 23.6 Å². The monoisotopic (exact) mass is 310 g/mol. The highest BCUT2D eigenvalue weighted by atomic mass is 32.2. The second-order valence-electron chi connectivity index (χ2n) is 4.82. The van der Waals surface area contributed by atoms with Crippen LogP contribution in [0, 0.1) is 13.8 Å². The summed E-state index contributed by atoms with van der Waals surface area (Å²) in [5, 5.41) is 12.8. The molecule has 0 unspecified atom stereocenters. The zero-order valence-corrected chi connectivity index (χ0v) is 13.9. The molecule has 0 aliphatic heterocycles. The van der Waals surface area contributed by atoms with Gasteiger partial charge in [-0.3, -0.25) is 0 Å². The molecule has 2 heterocycles. The highest BCUT2D eigenvalue weighted by molar-refractivity contribution is 7.98. The van der Waals surface area contributed by atoms with Crippen molar-refractivity contribution < 1.29 is 4.74 Å². The van der Waals surface area contributed by atoms with Gasteiger partial charge in [-0.25, -0.2) is 9.67 Å². The molecule has 0 radical (unpaired) electrons. The van der Waals surface area contributed by atoms with Gasteiger partial charge in [0, 0.05) is 25.9 Å². The van der Waals surface area contributed by atoms with Crippen molar-refractivity contribution in [2.24, 2.45) is 0 Å². The number of hydrogen-bond donors (Lipinski definition) is 0. The standard InChI is InChI=1S/C13H22N6OS/c1-5-6-19-12(15-16-17-19)9-21-13-14-10(2)11(3)18(13)7-8-20-4/h5-9H2,1-4H3. The first-order valence-corrected chi connectivity index (χ1v) is 8.06. The normalized spacial score (nSPS) is 11.2. The molecule has 2 rings (SSSR count). The van der Waals surface area contributed by atoms with Crippen LogP contribution < -0.4 is 0 Å². The summed E-state index contributed by atoms with van der Waals surface area (Å²) < 4.78 is 9.22. The molecule has 0 bridgehead atoms. The van der Waals surface area contributed by atoms with Gasteiger partial charge in [-0.2, -0.15) is 0 Å². The molecular formula is C13H22N6OS. The van der Waals surface area contributed by atoms with E-state index in [1.54, 1.807) is 18.9 Å². The van der Waals surface area contributed by atoms with Gasteiger partial charge in [0.15, 0.2) is 11.0 Å². The fourth-order valence-electron chi connectivity index (χ4n) is 2.02. The number of methoxy groups -OCH3 is 1. The van der Waals surface area contributed by atoms with Crippen LogP contribution in [0.3, 0.4) is 0 Å². The third kappa shape index (κ3) is 3.82. The Labute approximate surface area is 129 Å². The number of thioether (sulfide) groups is 1. The average molecular weight is 310 g/mol. The van der Waals surface area contributed by atoms with Crippen molar-refractivity contribution in [3.05, 3.63) is 17.2 Å². The lowest BCUT2D eigenvalue weighted by Gasteiger charge is -2.09. The lowest BCUT2D eigenvalue weighted by Crippen LogP contribution is -2.08. The van der Waals surface area contributed by atoms with Gasteiger partial charge in [0.2, 0.25) is 0 Å². The number of ether oxygens (including phenoxy) is 1. The Hall–Kier alpha value is -1.41. The van der Waals surface area contributed by atoms with E-state index >= 15 is 0 Å². The van der Waals surface area contributed by atoms with Crippen molar-refractivity contribution in [2.75, 3.05) is 13.7 Å². The third-order valence-electron chi connectivity index (χ3n) is 3.31. The second-order valence-corrected chi connectivity index (χ2v) is 5.76. The highest BCUT2D eigenvalue weighted by Gasteiger charge is 2.13. The van der Waals surface area contributed by atoms with Crippen LogP contribution in [0.25, 0.3) is 0 Å². The summed E-state index contributed by atoms with van der Waals surface area (Å²) >= 11 is 1.66. The Morgan fingerprint density at radius 3 is 2.76 bits per heavy atom. The van der Waals surface area contributed by atoms with Crippen LogP contribution in [0.5, 0.6) is 0 Å². The summed E-state index contributed by atoms with van der Waals surface area (Å²) in [6, 6.07) is 0. The van der Waals surface area contributed by atoms with Crippen LogP contribution >= 0.6 is 11.8 Å². The summed E-state index contributed by atoms with van der Waals surface area (Å²) in [6.45, 7) is 8.57. The van der Waals surface area contributed by atoms with E-state index in [9.17, 15) is 0 Å². The predicted molar refractivity (Wildman–Crippen MR) is 81.2 cm³/mol. The lowest BCUT2D eigenvalue weighted by molar-refractivity contribution is 0.184. The van der Waals surface area contributed by atoms with Crippen LogP contribution in [0.4, 0.5) is 0 Å². The quantitative estimate of drug-likeness (QED) is 0.693. The van der Waals surface area contributed by atoms with Crippen LogP contribution in [0.2, 0.25) is 0 Å². The van der Waals surface area contributed by atoms with Crippen molar-refractivity contribution in [3.8, 4) is 0 Å². The Kier molecular flexibility index (Phi) is 5.75. The molecule has 0 spiro atoms. The van der Waals surface area contributed by atoms with Crippen LogP contribution in [0.15, 0.2) is 5.16 Å². The van der Waals surface area contributed by atoms with E-state index in [4.69, 9.17) is 4.74 Å². The zero-order valence-electron chi connectivity index (χ0n) is 13.0. The van der Waals surface area contributed by atoms with Gasteiger partial charge >= 0.3 is 0 Å². The minimum absolute atomic E-state index is 0.678. The van der Waals surface area contributed by atoms with Crippen molar-refractivity contribution in [1.29, 1.82) is 0 Å². The van der Waals surface area contributed by atoms with Gasteiger partial charge in [-0.05, 0) is 30.7 Å². The highest BCUT2D eigenvalue weighted by Crippen LogP contribution is 2.23. The van der Waals surface area contributed by atoms with Crippen LogP contribution in [-0.4, -0.2) is 43.5 Å². The van der Waals surface area contributed by atoms with E-state index in [2.05, 4.69) is 38.9 Å². The molecule has 0 aliphatic rings. The topological polar surface area (TPSA) is 70.7 Å². The van der Waals surface area contributed by atoms with Crippen molar-refractivity contribution in [2.45, 2.75) is 51.2 Å². The van der Waals surface area contributed by atoms with Gasteiger partial charge in [-0.15, -0.1) is 5.10 Å². The molecular weight excluding hydrogens is 288 g/mol. The summed E-state index contributed by atoms with van der Waals surface area (Å²) in [7, 11) is 1.71. The van der Waals surface area contributed by atoms with Gasteiger partial charge in [0.05, 0.1) is 18.1 Å². The molecule has 8 heteroatoms. The molecule has 2 aromatic heterocycles. The molecule has 0 atom stereocenters. The first kappa shape index (κ1) is 16.0. The first-order valence-electron chi connectivity index (χ1n) is 7.07. The summed E-state index contributed by atoms with van der Waals surface area (Å²) in [4.78, 5) is 4.63. The average Bonchev–Trinajstić information content (AvgIpc) is 3.01. The number of hydrogen-bond acceptors (Lipinski definition) is 6. The molecule has 2 aromatic rings. The Balaban J connectivity index is 2.08. The number of rotatable bonds is 8. The van der Waals surface area contributed by atoms with Crippen molar-refractivity contribution in [1.82, 2.24) is 29.8 Å². The molecule has 7 nitrogen and oxygen atoms in total. The number of imidazole rings is 1. The summed E-state index contributed by atoms with van der Waals surface area (Å²) in [5.41, 5.74) is 2.24. The van der Waals surface area contributed by atoms with E-state index in [0.29, 0.717) is 6.61 Å². The number of aryl methyl sites for hydroxylation is 2. The minimum atomic E-state index is 0.678. The van der Waals surface area contributed by atoms with Gasteiger partial charge in [0.25, 0.3) is 0 Å². The number of aromatic nitrogens is 6. The van der Waals surface area contributed by atoms with E-state index < -0.39 is 0 Å². The Morgan fingerprint density at radius 2 is 2.05 bits per heavy atom. The maximum atomic E-state index is 5.17. The summed E-state index contributed by atoms with van der Waals surface area (Å²) in [5.74, 6) is 1.61. The van der Waals surface area contributed by atoms with Crippen molar-refractivity contribution >= 4 is 11.8 Å². The molecule has 0 saturated heterocycles. The second kappa shape index (κ2) is 7.56. The SMILES string of the molecule is CCCn1nnnc1CSc1nc(C)c(C)n1CCOC. The smallest absolute Gasteiger partial charge is 0.168 e. The van der Waals surface area contributed by atoms with Gasteiger partial charge in [0.1, 0.15) is 0 Å². The minimum Gasteiger partial charge on any atom is -0.383 e. The largest absolute Gasteiger partial charge is 0.383 e. The maximum Gasteiger partial charge on any atom is 0.168 e. The van der Waals surface area contributed by atoms with Gasteiger partial charge < -0.3 is 9.30 Å². The molecule has 21 heavy (non-hydrogen) atoms. The molecule has 0 fully saturated rings. The zero-order chi connectivity index (χ0) is 15.2. The Morgan fingerprint density at radius 1 is 1.24 bits per heavy atom. The molecule has 0 N–H and O–H groups in total. The van der Waals surface area contributed by atoms with Gasteiger partial charge in [-0.1, -0.05) is 18.7 Å². The molecule has 0 aromatic carbocycles. The molecule has 116 valence electrons. The van der Waals surface area contributed by atoms with E-state index in [1.807, 2.05) is 11.6 Å². The van der Waals surface area contributed by atoms with E-state index in [-0.39, 0.29) is 0 Å². The molecule has 0 aliphatic carbocycles. The number of nitrogens with zero attached hydrogens (tertiary/aromatic N) is 6. The fraction of sp³-hybridized carbons (Fsp3) is 0.692. The van der Waals surface area contributed by atoms with Crippen molar-refractivity contribution in [3.63, 3.8) is 0 Å². The predicted octanol–water partition coefficient (Wildman–Crippen LogP) is 1.84. The summed E-state index contributed by atoms with van der Waals surface area (Å²) in [6.07, 6.45) is 1.02. The first-order chi connectivity index (χ1) is 10.2. The molecule has 0 saturated carbocycles.